The minimum absolute atomic E-state index is 0.0706. The maximum Gasteiger partial charge on any atom is 0.123 e. The second-order valence-corrected chi connectivity index (χ2v) is 5.38. The van der Waals surface area contributed by atoms with Crippen LogP contribution in [0.3, 0.4) is 0 Å². The molecule has 1 aromatic carbocycles. The Morgan fingerprint density at radius 3 is 2.75 bits per heavy atom. The molecule has 0 saturated carbocycles. The van der Waals surface area contributed by atoms with E-state index in [0.29, 0.717) is 19.0 Å². The van der Waals surface area contributed by atoms with Crippen molar-refractivity contribution in [1.82, 2.24) is 15.1 Å². The van der Waals surface area contributed by atoms with Gasteiger partial charge in [-0.25, -0.2) is 0 Å². The summed E-state index contributed by atoms with van der Waals surface area (Å²) in [6, 6.07) is 4.62. The normalized spacial score (nSPS) is 11.2. The van der Waals surface area contributed by atoms with Gasteiger partial charge in [0.25, 0.3) is 0 Å². The van der Waals surface area contributed by atoms with Crippen LogP contribution in [0.1, 0.15) is 25.0 Å². The zero-order valence-electron chi connectivity index (χ0n) is 11.9. The van der Waals surface area contributed by atoms with Crippen molar-refractivity contribution in [3.05, 3.63) is 41.7 Å². The standard InChI is InChI=1S/C15H21N3O2/c1-11(2)9-18-10-12(7-17-18)6-16-8-13-3-4-14(19)5-15(13)20/h3-5,7,10-11,16,19-20H,6,8-9H2,1-2H3. The molecule has 1 aromatic heterocycles. The second-order valence-electron chi connectivity index (χ2n) is 5.38. The fourth-order valence-corrected chi connectivity index (χ4v) is 2.01. The summed E-state index contributed by atoms with van der Waals surface area (Å²) < 4.78 is 1.94. The van der Waals surface area contributed by atoms with Crippen LogP contribution in [0.2, 0.25) is 0 Å². The number of hydrogen-bond donors (Lipinski definition) is 3. The van der Waals surface area contributed by atoms with E-state index < -0.39 is 0 Å². The molecule has 20 heavy (non-hydrogen) atoms. The molecule has 1 heterocycles. The number of phenols is 2. The third kappa shape index (κ3) is 3.99. The lowest BCUT2D eigenvalue weighted by Crippen LogP contribution is -2.12. The van der Waals surface area contributed by atoms with E-state index in [-0.39, 0.29) is 11.5 Å². The number of benzene rings is 1. The molecule has 0 atom stereocenters. The quantitative estimate of drug-likeness (QED) is 0.756. The van der Waals surface area contributed by atoms with E-state index in [1.165, 1.54) is 6.07 Å². The average Bonchev–Trinajstić information content (AvgIpc) is 2.79. The molecule has 0 aliphatic carbocycles. The van der Waals surface area contributed by atoms with E-state index in [0.717, 1.165) is 17.7 Å². The number of aromatic nitrogens is 2. The largest absolute Gasteiger partial charge is 0.508 e. The molecular formula is C15H21N3O2. The smallest absolute Gasteiger partial charge is 0.123 e. The van der Waals surface area contributed by atoms with Crippen molar-refractivity contribution in [3.8, 4) is 11.5 Å². The van der Waals surface area contributed by atoms with Crippen LogP contribution < -0.4 is 5.32 Å². The van der Waals surface area contributed by atoms with Crippen molar-refractivity contribution in [2.45, 2.75) is 33.5 Å². The first-order valence-corrected chi connectivity index (χ1v) is 6.77. The number of nitrogens with zero attached hydrogens (tertiary/aromatic N) is 2. The Labute approximate surface area is 118 Å². The molecule has 0 spiro atoms. The van der Waals surface area contributed by atoms with Gasteiger partial charge in [-0.15, -0.1) is 0 Å². The van der Waals surface area contributed by atoms with Gasteiger partial charge in [0.2, 0.25) is 0 Å². The van der Waals surface area contributed by atoms with Gasteiger partial charge in [0.1, 0.15) is 11.5 Å². The predicted octanol–water partition coefficient (Wildman–Crippen LogP) is 2.24. The number of rotatable bonds is 6. The first-order valence-electron chi connectivity index (χ1n) is 6.77. The third-order valence-corrected chi connectivity index (χ3v) is 2.95. The molecule has 3 N–H and O–H groups in total. The van der Waals surface area contributed by atoms with E-state index in [2.05, 4.69) is 24.3 Å². The lowest BCUT2D eigenvalue weighted by Gasteiger charge is -2.06. The number of nitrogens with one attached hydrogen (secondary N) is 1. The van der Waals surface area contributed by atoms with Gasteiger partial charge in [0.15, 0.2) is 0 Å². The van der Waals surface area contributed by atoms with Gasteiger partial charge in [-0.2, -0.15) is 5.10 Å². The van der Waals surface area contributed by atoms with Gasteiger partial charge < -0.3 is 15.5 Å². The highest BCUT2D eigenvalue weighted by Gasteiger charge is 2.03. The molecule has 5 heteroatoms. The van der Waals surface area contributed by atoms with Gasteiger partial charge in [-0.3, -0.25) is 4.68 Å². The molecule has 0 aliphatic heterocycles. The summed E-state index contributed by atoms with van der Waals surface area (Å²) in [5.74, 6) is 0.749. The molecule has 0 amide bonds. The fraction of sp³-hybridized carbons (Fsp3) is 0.400. The fourth-order valence-electron chi connectivity index (χ4n) is 2.01. The van der Waals surface area contributed by atoms with Crippen LogP contribution in [-0.4, -0.2) is 20.0 Å². The maximum absolute atomic E-state index is 9.68. The Bertz CT molecular complexity index is 564. The molecule has 0 unspecified atom stereocenters. The second kappa shape index (κ2) is 6.43. The van der Waals surface area contributed by atoms with Gasteiger partial charge in [-0.1, -0.05) is 19.9 Å². The SMILES string of the molecule is CC(C)Cn1cc(CNCc2ccc(O)cc2O)cn1. The monoisotopic (exact) mass is 275 g/mol. The molecule has 0 radical (unpaired) electrons. The summed E-state index contributed by atoms with van der Waals surface area (Å²) >= 11 is 0. The van der Waals surface area contributed by atoms with Crippen LogP contribution in [0.5, 0.6) is 11.5 Å². The van der Waals surface area contributed by atoms with E-state index in [4.69, 9.17) is 0 Å². The summed E-state index contributed by atoms with van der Waals surface area (Å²) in [7, 11) is 0. The van der Waals surface area contributed by atoms with Gasteiger partial charge in [0.05, 0.1) is 6.20 Å². The topological polar surface area (TPSA) is 70.3 Å². The van der Waals surface area contributed by atoms with Gasteiger partial charge >= 0.3 is 0 Å². The van der Waals surface area contributed by atoms with E-state index in [1.807, 2.05) is 17.1 Å². The Hall–Kier alpha value is -2.01. The van der Waals surface area contributed by atoms with E-state index in [9.17, 15) is 10.2 Å². The molecule has 2 aromatic rings. The highest BCUT2D eigenvalue weighted by molar-refractivity contribution is 5.38. The van der Waals surface area contributed by atoms with Crippen LogP contribution in [0.15, 0.2) is 30.6 Å². The highest BCUT2D eigenvalue weighted by atomic mass is 16.3. The summed E-state index contributed by atoms with van der Waals surface area (Å²) in [4.78, 5) is 0. The van der Waals surface area contributed by atoms with E-state index in [1.54, 1.807) is 12.1 Å². The number of aromatic hydroxyl groups is 2. The Morgan fingerprint density at radius 1 is 1.25 bits per heavy atom. The summed E-state index contributed by atoms with van der Waals surface area (Å²) in [5.41, 5.74) is 1.88. The van der Waals surface area contributed by atoms with Gasteiger partial charge in [-0.05, 0) is 12.0 Å². The molecule has 0 bridgehead atoms. The zero-order valence-corrected chi connectivity index (χ0v) is 11.9. The van der Waals surface area contributed by atoms with Crippen molar-refractivity contribution in [1.29, 1.82) is 0 Å². The molecule has 0 aliphatic rings. The van der Waals surface area contributed by atoms with Crippen LogP contribution >= 0.6 is 0 Å². The summed E-state index contributed by atoms with van der Waals surface area (Å²) in [6.45, 7) is 6.47. The number of phenolic OH excluding ortho intramolecular Hbond substituents is 2. The highest BCUT2D eigenvalue weighted by Crippen LogP contribution is 2.22. The van der Waals surface area contributed by atoms with Crippen molar-refractivity contribution in [2.75, 3.05) is 0 Å². The molecule has 0 saturated heterocycles. The molecular weight excluding hydrogens is 254 g/mol. The van der Waals surface area contributed by atoms with E-state index >= 15 is 0 Å². The van der Waals surface area contributed by atoms with Crippen LogP contribution in [-0.2, 0) is 19.6 Å². The van der Waals surface area contributed by atoms with Crippen molar-refractivity contribution in [2.24, 2.45) is 5.92 Å². The number of hydrogen-bond acceptors (Lipinski definition) is 4. The zero-order chi connectivity index (χ0) is 14.5. The average molecular weight is 275 g/mol. The summed E-state index contributed by atoms with van der Waals surface area (Å²) in [5, 5.41) is 26.5. The van der Waals surface area contributed by atoms with Crippen molar-refractivity contribution >= 4 is 0 Å². The maximum atomic E-state index is 9.68. The first-order chi connectivity index (χ1) is 9.54. The van der Waals surface area contributed by atoms with Crippen molar-refractivity contribution < 1.29 is 10.2 Å². The third-order valence-electron chi connectivity index (χ3n) is 2.95. The van der Waals surface area contributed by atoms with Crippen LogP contribution in [0.25, 0.3) is 0 Å². The van der Waals surface area contributed by atoms with Crippen LogP contribution in [0, 0.1) is 5.92 Å². The minimum Gasteiger partial charge on any atom is -0.508 e. The lowest BCUT2D eigenvalue weighted by atomic mass is 10.2. The molecule has 0 fully saturated rings. The molecule has 108 valence electrons. The summed E-state index contributed by atoms with van der Waals surface area (Å²) in [6.07, 6.45) is 3.88. The van der Waals surface area contributed by atoms with Crippen LogP contribution in [0.4, 0.5) is 0 Å². The predicted molar refractivity (Wildman–Crippen MR) is 77.4 cm³/mol. The lowest BCUT2D eigenvalue weighted by molar-refractivity contribution is 0.443. The molecule has 2 rings (SSSR count). The first kappa shape index (κ1) is 14.4. The Balaban J connectivity index is 1.85. The minimum atomic E-state index is 0.0706. The Morgan fingerprint density at radius 2 is 2.05 bits per heavy atom. The van der Waals surface area contributed by atoms with Gasteiger partial charge in [0, 0.05) is 43.0 Å². The Kier molecular flexibility index (Phi) is 4.63. The molecule has 5 nitrogen and oxygen atoms in total. The van der Waals surface area contributed by atoms with Crippen molar-refractivity contribution in [3.63, 3.8) is 0 Å².